The Balaban J connectivity index is 2.84. The Kier molecular flexibility index (Phi) is 3.10. The highest BCUT2D eigenvalue weighted by Gasteiger charge is 2.00. The van der Waals surface area contributed by atoms with Crippen LogP contribution in [0.15, 0.2) is 6.20 Å². The third kappa shape index (κ3) is 2.23. The van der Waals surface area contributed by atoms with Crippen molar-refractivity contribution in [1.29, 1.82) is 0 Å². The third-order valence-corrected chi connectivity index (χ3v) is 1.91. The fraction of sp³-hybridized carbons (Fsp3) is 0.143. The van der Waals surface area contributed by atoms with Gasteiger partial charge in [0.05, 0.1) is 10.1 Å². The first-order chi connectivity index (χ1) is 5.74. The van der Waals surface area contributed by atoms with Crippen LogP contribution in [0.1, 0.15) is 0 Å². The van der Waals surface area contributed by atoms with Crippen LogP contribution in [0.4, 0.5) is 11.8 Å². The molecule has 0 aliphatic carbocycles. The second-order valence-electron chi connectivity index (χ2n) is 1.98. The van der Waals surface area contributed by atoms with Gasteiger partial charge in [0.15, 0.2) is 0 Å². The first kappa shape index (κ1) is 9.06. The zero-order chi connectivity index (χ0) is 8.97. The molecular weight excluding hydrogens is 267 g/mol. The van der Waals surface area contributed by atoms with Crippen LogP contribution >= 0.6 is 22.6 Å². The smallest absolute Gasteiger partial charge is 0.221 e. The molecule has 0 saturated carbocycles. The van der Waals surface area contributed by atoms with Gasteiger partial charge in [0.25, 0.3) is 0 Å². The number of hydrogen-bond donors (Lipinski definition) is 2. The number of nitrogens with two attached hydrogens (primary N) is 1. The van der Waals surface area contributed by atoms with E-state index in [2.05, 4.69) is 43.8 Å². The van der Waals surface area contributed by atoms with E-state index in [4.69, 9.17) is 12.2 Å². The molecule has 5 heteroatoms. The molecule has 0 radical (unpaired) electrons. The molecule has 1 aromatic heterocycles. The lowest BCUT2D eigenvalue weighted by atomic mass is 10.5. The van der Waals surface area contributed by atoms with Crippen LogP contribution in [0.5, 0.6) is 0 Å². The van der Waals surface area contributed by atoms with Crippen LogP contribution in [0.25, 0.3) is 0 Å². The van der Waals surface area contributed by atoms with E-state index in [1.54, 1.807) is 6.20 Å². The van der Waals surface area contributed by atoms with Gasteiger partial charge in [0.2, 0.25) is 5.95 Å². The minimum atomic E-state index is 0.245. The van der Waals surface area contributed by atoms with Crippen molar-refractivity contribution in [1.82, 2.24) is 9.97 Å². The number of hydrogen-bond acceptors (Lipinski definition) is 4. The first-order valence-electron chi connectivity index (χ1n) is 3.19. The van der Waals surface area contributed by atoms with Crippen LogP contribution in [-0.2, 0) is 0 Å². The van der Waals surface area contributed by atoms with Crippen LogP contribution in [-0.4, -0.2) is 16.5 Å². The zero-order valence-corrected chi connectivity index (χ0v) is 8.37. The Labute approximate surface area is 84.1 Å². The maximum Gasteiger partial charge on any atom is 0.221 e. The predicted octanol–water partition coefficient (Wildman–Crippen LogP) is 0.708. The lowest BCUT2D eigenvalue weighted by Crippen LogP contribution is -2.05. The standard InChI is InChI=1S/C7H7IN4/c1-2-3-10-6-5(8)4-11-7(9)12-6/h1,4H,3H2,(H3,9,10,11,12). The minimum absolute atomic E-state index is 0.245. The fourth-order valence-corrected chi connectivity index (χ4v) is 1.09. The Morgan fingerprint density at radius 3 is 3.17 bits per heavy atom. The maximum atomic E-state index is 5.38. The van der Waals surface area contributed by atoms with E-state index in [0.29, 0.717) is 12.4 Å². The van der Waals surface area contributed by atoms with E-state index in [0.717, 1.165) is 3.57 Å². The summed E-state index contributed by atoms with van der Waals surface area (Å²) in [5.41, 5.74) is 5.38. The molecule has 0 spiro atoms. The van der Waals surface area contributed by atoms with Gasteiger partial charge in [-0.25, -0.2) is 4.98 Å². The highest BCUT2D eigenvalue weighted by atomic mass is 127. The summed E-state index contributed by atoms with van der Waals surface area (Å²) in [5.74, 6) is 3.37. The fourth-order valence-electron chi connectivity index (χ4n) is 0.639. The minimum Gasteiger partial charge on any atom is -0.368 e. The van der Waals surface area contributed by atoms with Crippen molar-refractivity contribution < 1.29 is 0 Å². The molecule has 0 unspecified atom stereocenters. The molecule has 4 nitrogen and oxygen atoms in total. The molecule has 0 aliphatic rings. The van der Waals surface area contributed by atoms with Gasteiger partial charge in [-0.15, -0.1) is 6.42 Å². The Hall–Kier alpha value is -1.03. The van der Waals surface area contributed by atoms with Gasteiger partial charge in [-0.05, 0) is 22.6 Å². The number of terminal acetylenes is 1. The Morgan fingerprint density at radius 2 is 2.50 bits per heavy atom. The van der Waals surface area contributed by atoms with E-state index < -0.39 is 0 Å². The summed E-state index contributed by atoms with van der Waals surface area (Å²) in [4.78, 5) is 7.78. The second-order valence-corrected chi connectivity index (χ2v) is 3.14. The molecule has 1 heterocycles. The molecule has 0 fully saturated rings. The molecule has 0 bridgehead atoms. The highest BCUT2D eigenvalue weighted by molar-refractivity contribution is 14.1. The number of aromatic nitrogens is 2. The molecule has 0 atom stereocenters. The van der Waals surface area contributed by atoms with Crippen molar-refractivity contribution in [2.45, 2.75) is 0 Å². The summed E-state index contributed by atoms with van der Waals surface area (Å²) in [5, 5.41) is 2.93. The van der Waals surface area contributed by atoms with E-state index in [9.17, 15) is 0 Å². The van der Waals surface area contributed by atoms with Gasteiger partial charge in [0, 0.05) is 6.20 Å². The molecule has 62 valence electrons. The summed E-state index contributed by atoms with van der Waals surface area (Å²) in [6.45, 7) is 0.437. The van der Waals surface area contributed by atoms with Crippen molar-refractivity contribution in [3.05, 3.63) is 9.77 Å². The SMILES string of the molecule is C#CCNc1nc(N)ncc1I. The molecule has 0 amide bonds. The lowest BCUT2D eigenvalue weighted by molar-refractivity contribution is 1.14. The van der Waals surface area contributed by atoms with Gasteiger partial charge in [-0.1, -0.05) is 5.92 Å². The summed E-state index contributed by atoms with van der Waals surface area (Å²) in [6, 6.07) is 0. The number of nitrogens with zero attached hydrogens (tertiary/aromatic N) is 2. The van der Waals surface area contributed by atoms with Gasteiger partial charge in [-0.3, -0.25) is 0 Å². The molecule has 1 aromatic rings. The molecule has 3 N–H and O–H groups in total. The Morgan fingerprint density at radius 1 is 1.75 bits per heavy atom. The quantitative estimate of drug-likeness (QED) is 0.615. The van der Waals surface area contributed by atoms with Gasteiger partial charge in [-0.2, -0.15) is 4.98 Å². The monoisotopic (exact) mass is 274 g/mol. The van der Waals surface area contributed by atoms with E-state index in [-0.39, 0.29) is 5.95 Å². The summed E-state index contributed by atoms with van der Waals surface area (Å²) >= 11 is 2.11. The van der Waals surface area contributed by atoms with Crippen molar-refractivity contribution in [3.8, 4) is 12.3 Å². The molecule has 0 saturated heterocycles. The maximum absolute atomic E-state index is 5.38. The van der Waals surface area contributed by atoms with E-state index in [1.807, 2.05) is 0 Å². The van der Waals surface area contributed by atoms with Crippen LogP contribution in [0, 0.1) is 15.9 Å². The van der Waals surface area contributed by atoms with Gasteiger partial charge < -0.3 is 11.1 Å². The van der Waals surface area contributed by atoms with Crippen molar-refractivity contribution in [2.75, 3.05) is 17.6 Å². The van der Waals surface area contributed by atoms with Crippen LogP contribution in [0.2, 0.25) is 0 Å². The molecule has 1 rings (SSSR count). The average Bonchev–Trinajstić information content (AvgIpc) is 2.07. The van der Waals surface area contributed by atoms with Crippen LogP contribution in [0.3, 0.4) is 0 Å². The lowest BCUT2D eigenvalue weighted by Gasteiger charge is -2.03. The van der Waals surface area contributed by atoms with Crippen molar-refractivity contribution >= 4 is 34.4 Å². The number of nitrogens with one attached hydrogen (secondary N) is 1. The zero-order valence-electron chi connectivity index (χ0n) is 6.21. The largest absolute Gasteiger partial charge is 0.368 e. The van der Waals surface area contributed by atoms with Gasteiger partial charge in [0.1, 0.15) is 5.82 Å². The number of halogens is 1. The summed E-state index contributed by atoms with van der Waals surface area (Å²) in [6.07, 6.45) is 6.72. The normalized spacial score (nSPS) is 9.00. The highest BCUT2D eigenvalue weighted by Crippen LogP contribution is 2.13. The summed E-state index contributed by atoms with van der Waals surface area (Å²) < 4.78 is 0.900. The number of anilines is 2. The van der Waals surface area contributed by atoms with Gasteiger partial charge >= 0.3 is 0 Å². The first-order valence-corrected chi connectivity index (χ1v) is 4.27. The van der Waals surface area contributed by atoms with Crippen molar-refractivity contribution in [3.63, 3.8) is 0 Å². The Bertz CT molecular complexity index is 318. The average molecular weight is 274 g/mol. The topological polar surface area (TPSA) is 63.8 Å². The predicted molar refractivity (Wildman–Crippen MR) is 56.5 cm³/mol. The van der Waals surface area contributed by atoms with Crippen LogP contribution < -0.4 is 11.1 Å². The number of rotatable bonds is 2. The summed E-state index contributed by atoms with van der Waals surface area (Å²) in [7, 11) is 0. The molecule has 12 heavy (non-hydrogen) atoms. The third-order valence-electron chi connectivity index (χ3n) is 1.12. The molecular formula is C7H7IN4. The number of nitrogen functional groups attached to an aromatic ring is 1. The molecule has 0 aromatic carbocycles. The van der Waals surface area contributed by atoms with E-state index >= 15 is 0 Å². The molecule has 0 aliphatic heterocycles. The second kappa shape index (κ2) is 4.11. The van der Waals surface area contributed by atoms with E-state index in [1.165, 1.54) is 0 Å². The van der Waals surface area contributed by atoms with Crippen molar-refractivity contribution in [2.24, 2.45) is 0 Å².